The Morgan fingerprint density at radius 2 is 1.53 bits per heavy atom. The fourth-order valence-electron chi connectivity index (χ4n) is 1.73. The van der Waals surface area contributed by atoms with Crippen molar-refractivity contribution in [3.63, 3.8) is 0 Å². The summed E-state index contributed by atoms with van der Waals surface area (Å²) in [6, 6.07) is 19.6. The molecule has 1 unspecified atom stereocenters. The van der Waals surface area contributed by atoms with Crippen LogP contribution in [0.5, 0.6) is 0 Å². The topological polar surface area (TPSA) is 17.1 Å². The van der Waals surface area contributed by atoms with Crippen LogP contribution in [0.15, 0.2) is 60.7 Å². The summed E-state index contributed by atoms with van der Waals surface area (Å²) >= 11 is 0. The summed E-state index contributed by atoms with van der Waals surface area (Å²) in [6.07, 6.45) is 0. The largest absolute Gasteiger partial charge is 0.164 e. The molecule has 0 heterocycles. The monoisotopic (exact) mass is 269 g/mol. The summed E-state index contributed by atoms with van der Waals surface area (Å²) in [5.74, 6) is 4.15. The van der Waals surface area contributed by atoms with Gasteiger partial charge in [0.05, 0.1) is 0 Å². The van der Waals surface area contributed by atoms with E-state index in [0.29, 0.717) is 11.5 Å². The summed E-state index contributed by atoms with van der Waals surface area (Å²) in [6.45, 7) is 1.94. The lowest BCUT2D eigenvalue weighted by atomic mass is 10.2. The van der Waals surface area contributed by atoms with E-state index in [9.17, 15) is 4.21 Å². The molecule has 0 amide bonds. The van der Waals surface area contributed by atoms with Gasteiger partial charge in [0.2, 0.25) is 0 Å². The first-order valence-corrected chi connectivity index (χ1v) is 8.23. The Morgan fingerprint density at radius 3 is 2.11 bits per heavy atom. The van der Waals surface area contributed by atoms with Crippen molar-refractivity contribution in [3.05, 3.63) is 71.8 Å². The van der Waals surface area contributed by atoms with Crippen molar-refractivity contribution in [1.82, 2.24) is 0 Å². The van der Waals surface area contributed by atoms with Crippen molar-refractivity contribution in [1.29, 1.82) is 0 Å². The Bertz CT molecular complexity index is 621. The van der Waals surface area contributed by atoms with Crippen molar-refractivity contribution < 1.29 is 4.21 Å². The van der Waals surface area contributed by atoms with Crippen molar-refractivity contribution >= 4 is 9.93 Å². The Balaban J connectivity index is 2.20. The zero-order valence-corrected chi connectivity index (χ0v) is 11.8. The smallest absolute Gasteiger partial charge is 0.0898 e. The molecule has 96 valence electrons. The second kappa shape index (κ2) is 6.36. The van der Waals surface area contributed by atoms with E-state index >= 15 is 0 Å². The molecule has 2 rings (SSSR count). The third-order valence-electron chi connectivity index (χ3n) is 2.86. The number of hydrogen-bond donors (Lipinski definition) is 0. The van der Waals surface area contributed by atoms with Gasteiger partial charge in [0.25, 0.3) is 0 Å². The lowest BCUT2D eigenvalue weighted by Crippen LogP contribution is -2.13. The van der Waals surface area contributed by atoms with E-state index in [4.69, 9.17) is 0 Å². The zero-order chi connectivity index (χ0) is 13.6. The van der Waals surface area contributed by atoms with Gasteiger partial charge in [-0.3, -0.25) is 0 Å². The molecule has 0 saturated carbocycles. The summed E-state index contributed by atoms with van der Waals surface area (Å²) in [7, 11) is -2.14. The Hall–Kier alpha value is -1.85. The molecule has 1 nitrogen and oxygen atoms in total. The standard InChI is InChI=1S/C17H17OS/c1-2-19(18,15-17-11-7-4-8-12-17)14-13-16-9-5-3-6-10-16/h3-12H,2,15H2,1H3/q+1. The van der Waals surface area contributed by atoms with Crippen molar-refractivity contribution in [2.75, 3.05) is 5.75 Å². The molecular weight excluding hydrogens is 252 g/mol. The van der Waals surface area contributed by atoms with E-state index in [1.165, 1.54) is 0 Å². The van der Waals surface area contributed by atoms with Gasteiger partial charge in [-0.25, -0.2) is 0 Å². The molecule has 0 fully saturated rings. The lowest BCUT2D eigenvalue weighted by Gasteiger charge is -2.02. The first-order chi connectivity index (χ1) is 9.22. The minimum absolute atomic E-state index is 0.532. The van der Waals surface area contributed by atoms with Crippen LogP contribution in [0.1, 0.15) is 18.1 Å². The number of benzene rings is 2. The minimum Gasteiger partial charge on any atom is -0.0898 e. The predicted molar refractivity (Wildman–Crippen MR) is 82.1 cm³/mol. The average Bonchev–Trinajstić information content (AvgIpc) is 2.47. The molecule has 0 N–H and O–H groups in total. The maximum absolute atomic E-state index is 12.7. The molecular formula is C17H17OS+. The van der Waals surface area contributed by atoms with Gasteiger partial charge < -0.3 is 0 Å². The minimum atomic E-state index is -2.14. The van der Waals surface area contributed by atoms with Crippen LogP contribution in [0, 0.1) is 11.2 Å². The molecule has 1 atom stereocenters. The van der Waals surface area contributed by atoms with Crippen molar-refractivity contribution in [2.45, 2.75) is 12.7 Å². The van der Waals surface area contributed by atoms with Gasteiger partial charge >= 0.3 is 0 Å². The van der Waals surface area contributed by atoms with Gasteiger partial charge in [0, 0.05) is 11.1 Å². The lowest BCUT2D eigenvalue weighted by molar-refractivity contribution is 0.590. The van der Waals surface area contributed by atoms with Crippen LogP contribution in [0.2, 0.25) is 0 Å². The van der Waals surface area contributed by atoms with Crippen LogP contribution in [-0.4, -0.2) is 5.75 Å². The highest BCUT2D eigenvalue weighted by atomic mass is 32.2. The zero-order valence-electron chi connectivity index (χ0n) is 11.0. The van der Waals surface area contributed by atoms with E-state index in [2.05, 4.69) is 11.2 Å². The second-order valence-corrected chi connectivity index (χ2v) is 7.02. The summed E-state index contributed by atoms with van der Waals surface area (Å²) in [5, 5.41) is 2.99. The first-order valence-electron chi connectivity index (χ1n) is 6.33. The Kier molecular flexibility index (Phi) is 4.54. The molecule has 2 aromatic carbocycles. The summed E-state index contributed by atoms with van der Waals surface area (Å²) < 4.78 is 12.7. The highest BCUT2D eigenvalue weighted by Crippen LogP contribution is 2.13. The molecule has 19 heavy (non-hydrogen) atoms. The van der Waals surface area contributed by atoms with E-state index < -0.39 is 9.93 Å². The fraction of sp³-hybridized carbons (Fsp3) is 0.176. The van der Waals surface area contributed by atoms with Gasteiger partial charge in [0.15, 0.2) is 15.2 Å². The van der Waals surface area contributed by atoms with Crippen LogP contribution in [0.25, 0.3) is 0 Å². The molecule has 2 heteroatoms. The first kappa shape index (κ1) is 13.6. The van der Waals surface area contributed by atoms with Crippen LogP contribution in [0.3, 0.4) is 0 Å². The SMILES string of the molecule is CC[S+](=O)(C#Cc1ccccc1)Cc1ccccc1. The fourth-order valence-corrected chi connectivity index (χ4v) is 3.18. The van der Waals surface area contributed by atoms with Crippen LogP contribution in [0.4, 0.5) is 0 Å². The summed E-state index contributed by atoms with van der Waals surface area (Å²) in [5.41, 5.74) is 1.99. The van der Waals surface area contributed by atoms with Crippen molar-refractivity contribution in [3.8, 4) is 11.2 Å². The normalized spacial score (nSPS) is 13.1. The van der Waals surface area contributed by atoms with Crippen LogP contribution >= 0.6 is 0 Å². The molecule has 2 aromatic rings. The quantitative estimate of drug-likeness (QED) is 0.613. The van der Waals surface area contributed by atoms with E-state index in [1.807, 2.05) is 67.6 Å². The van der Waals surface area contributed by atoms with E-state index in [1.54, 1.807) is 0 Å². The average molecular weight is 269 g/mol. The molecule has 0 aromatic heterocycles. The van der Waals surface area contributed by atoms with Crippen LogP contribution in [-0.2, 0) is 19.9 Å². The maximum Gasteiger partial charge on any atom is 0.164 e. The Labute approximate surface area is 116 Å². The number of rotatable bonds is 3. The van der Waals surface area contributed by atoms with Crippen molar-refractivity contribution in [2.24, 2.45) is 0 Å². The van der Waals surface area contributed by atoms with E-state index in [-0.39, 0.29) is 0 Å². The maximum atomic E-state index is 12.7. The van der Waals surface area contributed by atoms with Gasteiger partial charge in [-0.1, -0.05) is 52.7 Å². The third-order valence-corrected chi connectivity index (χ3v) is 5.07. The second-order valence-electron chi connectivity index (χ2n) is 4.32. The molecule has 0 spiro atoms. The van der Waals surface area contributed by atoms with Gasteiger partial charge in [-0.05, 0) is 25.0 Å². The molecule has 0 radical (unpaired) electrons. The number of hydrogen-bond acceptors (Lipinski definition) is 1. The van der Waals surface area contributed by atoms with Gasteiger partial charge in [-0.2, -0.15) is 0 Å². The van der Waals surface area contributed by atoms with E-state index in [0.717, 1.165) is 11.1 Å². The Morgan fingerprint density at radius 1 is 0.947 bits per heavy atom. The van der Waals surface area contributed by atoms with Gasteiger partial charge in [-0.15, -0.1) is 0 Å². The molecule has 0 bridgehead atoms. The third kappa shape index (κ3) is 4.08. The summed E-state index contributed by atoms with van der Waals surface area (Å²) in [4.78, 5) is 0. The van der Waals surface area contributed by atoms with Crippen LogP contribution < -0.4 is 0 Å². The predicted octanol–water partition coefficient (Wildman–Crippen LogP) is 3.72. The molecule has 0 aliphatic rings. The molecule has 0 aliphatic carbocycles. The molecule has 0 aliphatic heterocycles. The highest BCUT2D eigenvalue weighted by Gasteiger charge is 2.23. The molecule has 0 saturated heterocycles. The van der Waals surface area contributed by atoms with Gasteiger partial charge in [0.1, 0.15) is 11.5 Å². The highest BCUT2D eigenvalue weighted by molar-refractivity contribution is 8.06.